The topological polar surface area (TPSA) is 102 Å². The summed E-state index contributed by atoms with van der Waals surface area (Å²) in [5.74, 6) is -1.82. The van der Waals surface area contributed by atoms with Crippen molar-refractivity contribution in [1.82, 2.24) is 10.2 Å². The Kier molecular flexibility index (Phi) is 6.09. The summed E-state index contributed by atoms with van der Waals surface area (Å²) < 4.78 is 4.56. The molecule has 7 nitrogen and oxygen atoms in total. The van der Waals surface area contributed by atoms with Crippen molar-refractivity contribution >= 4 is 17.8 Å². The van der Waals surface area contributed by atoms with Gasteiger partial charge in [0.2, 0.25) is 11.8 Å². The Morgan fingerprint density at radius 3 is 2.38 bits per heavy atom. The van der Waals surface area contributed by atoms with Crippen LogP contribution in [0.2, 0.25) is 0 Å². The van der Waals surface area contributed by atoms with E-state index in [9.17, 15) is 14.4 Å². The van der Waals surface area contributed by atoms with E-state index in [2.05, 4.69) is 10.1 Å². The Morgan fingerprint density at radius 1 is 1.38 bits per heavy atom. The molecule has 0 aromatic rings. The number of esters is 1. The van der Waals surface area contributed by atoms with Crippen molar-refractivity contribution in [2.45, 2.75) is 13.0 Å². The zero-order valence-corrected chi connectivity index (χ0v) is 9.65. The maximum Gasteiger partial charge on any atom is 0.332 e. The molecule has 0 fully saturated rings. The van der Waals surface area contributed by atoms with Gasteiger partial charge in [0.15, 0.2) is 6.04 Å². The van der Waals surface area contributed by atoms with Crippen LogP contribution in [-0.4, -0.2) is 56.0 Å². The van der Waals surface area contributed by atoms with Crippen molar-refractivity contribution in [1.29, 1.82) is 0 Å². The van der Waals surface area contributed by atoms with Crippen LogP contribution in [0.15, 0.2) is 0 Å². The molecule has 0 heterocycles. The molecular weight excluding hydrogens is 214 g/mol. The minimum atomic E-state index is -1.39. The average molecular weight is 231 g/mol. The van der Waals surface area contributed by atoms with Gasteiger partial charge in [-0.15, -0.1) is 0 Å². The van der Waals surface area contributed by atoms with E-state index in [1.807, 2.05) is 0 Å². The highest BCUT2D eigenvalue weighted by Gasteiger charge is 2.23. The van der Waals surface area contributed by atoms with E-state index in [1.54, 1.807) is 21.0 Å². The van der Waals surface area contributed by atoms with Crippen molar-refractivity contribution in [3.8, 4) is 0 Å². The maximum atomic E-state index is 11.3. The van der Waals surface area contributed by atoms with Gasteiger partial charge in [0.05, 0.1) is 13.2 Å². The first-order valence-corrected chi connectivity index (χ1v) is 4.80. The monoisotopic (exact) mass is 231 g/mol. The van der Waals surface area contributed by atoms with E-state index < -0.39 is 17.9 Å². The van der Waals surface area contributed by atoms with Gasteiger partial charge in [-0.1, -0.05) is 0 Å². The molecule has 16 heavy (non-hydrogen) atoms. The van der Waals surface area contributed by atoms with Gasteiger partial charge in [-0.25, -0.2) is 4.79 Å². The van der Waals surface area contributed by atoms with Gasteiger partial charge in [0.1, 0.15) is 0 Å². The third-order valence-corrected chi connectivity index (χ3v) is 1.74. The fourth-order valence-electron chi connectivity index (χ4n) is 0.770. The lowest BCUT2D eigenvalue weighted by Crippen LogP contribution is -2.49. The van der Waals surface area contributed by atoms with E-state index >= 15 is 0 Å². The minimum absolute atomic E-state index is 0.149. The summed E-state index contributed by atoms with van der Waals surface area (Å²) in [6, 6.07) is -1.39. The smallest absolute Gasteiger partial charge is 0.332 e. The molecule has 0 rings (SSSR count). The van der Waals surface area contributed by atoms with Gasteiger partial charge in [0, 0.05) is 14.1 Å². The number of hydrogen-bond donors (Lipinski definition) is 2. The molecule has 1 atom stereocenters. The van der Waals surface area contributed by atoms with Gasteiger partial charge in [0.25, 0.3) is 0 Å². The summed E-state index contributed by atoms with van der Waals surface area (Å²) in [5, 5.41) is 2.25. The lowest BCUT2D eigenvalue weighted by Gasteiger charge is -2.13. The molecule has 1 unspecified atom stereocenters. The van der Waals surface area contributed by atoms with Crippen LogP contribution in [0.1, 0.15) is 6.92 Å². The highest BCUT2D eigenvalue weighted by atomic mass is 16.5. The van der Waals surface area contributed by atoms with Gasteiger partial charge >= 0.3 is 5.97 Å². The van der Waals surface area contributed by atoms with Crippen LogP contribution in [0.4, 0.5) is 0 Å². The Balaban J connectivity index is 4.06. The SMILES string of the molecule is CCOC(=O)C(N)C(=O)NCC(=O)N(C)C. The standard InChI is InChI=1S/C9H17N3O4/c1-4-16-9(15)7(10)8(14)11-5-6(13)12(2)3/h7H,4-5,10H2,1-3H3,(H,11,14). The lowest BCUT2D eigenvalue weighted by atomic mass is 10.3. The van der Waals surface area contributed by atoms with Crippen LogP contribution in [0.25, 0.3) is 0 Å². The number of nitrogens with two attached hydrogens (primary N) is 1. The van der Waals surface area contributed by atoms with E-state index in [1.165, 1.54) is 4.90 Å². The van der Waals surface area contributed by atoms with Gasteiger partial charge in [-0.3, -0.25) is 9.59 Å². The van der Waals surface area contributed by atoms with E-state index in [4.69, 9.17) is 5.73 Å². The third-order valence-electron chi connectivity index (χ3n) is 1.74. The first-order chi connectivity index (χ1) is 7.40. The second-order valence-corrected chi connectivity index (χ2v) is 3.24. The third kappa shape index (κ3) is 4.74. The Morgan fingerprint density at radius 2 is 1.94 bits per heavy atom. The summed E-state index contributed by atoms with van der Waals surface area (Å²) in [5.41, 5.74) is 5.30. The van der Waals surface area contributed by atoms with Crippen LogP contribution in [0.5, 0.6) is 0 Å². The van der Waals surface area contributed by atoms with E-state index in [-0.39, 0.29) is 19.1 Å². The molecule has 92 valence electrons. The predicted octanol–water partition coefficient (Wildman–Crippen LogP) is -1.92. The van der Waals surface area contributed by atoms with Crippen LogP contribution in [0, 0.1) is 0 Å². The van der Waals surface area contributed by atoms with E-state index in [0.717, 1.165) is 0 Å². The molecule has 3 N–H and O–H groups in total. The predicted molar refractivity (Wildman–Crippen MR) is 56.3 cm³/mol. The summed E-state index contributed by atoms with van der Waals surface area (Å²) in [6.07, 6.45) is 0. The fourth-order valence-corrected chi connectivity index (χ4v) is 0.770. The summed E-state index contributed by atoms with van der Waals surface area (Å²) in [6.45, 7) is 1.56. The second-order valence-electron chi connectivity index (χ2n) is 3.24. The highest BCUT2D eigenvalue weighted by Crippen LogP contribution is 1.86. The zero-order chi connectivity index (χ0) is 12.7. The summed E-state index contributed by atoms with van der Waals surface area (Å²) in [4.78, 5) is 34.8. The van der Waals surface area contributed by atoms with Crippen molar-refractivity contribution in [3.05, 3.63) is 0 Å². The fraction of sp³-hybridized carbons (Fsp3) is 0.667. The number of carbonyl (C=O) groups excluding carboxylic acids is 3. The van der Waals surface area contributed by atoms with Crippen molar-refractivity contribution in [3.63, 3.8) is 0 Å². The van der Waals surface area contributed by atoms with Gasteiger partial charge in [-0.05, 0) is 6.92 Å². The average Bonchev–Trinajstić information content (AvgIpc) is 2.24. The molecule has 0 aromatic carbocycles. The molecule has 0 bridgehead atoms. The number of ether oxygens (including phenoxy) is 1. The zero-order valence-electron chi connectivity index (χ0n) is 9.65. The minimum Gasteiger partial charge on any atom is -0.464 e. The molecular formula is C9H17N3O4. The number of hydrogen-bond acceptors (Lipinski definition) is 5. The number of nitrogens with zero attached hydrogens (tertiary/aromatic N) is 1. The van der Waals surface area contributed by atoms with Crippen LogP contribution in [-0.2, 0) is 19.1 Å². The molecule has 0 spiro atoms. The summed E-state index contributed by atoms with van der Waals surface area (Å²) in [7, 11) is 3.11. The number of nitrogens with one attached hydrogen (secondary N) is 1. The van der Waals surface area contributed by atoms with E-state index in [0.29, 0.717) is 0 Å². The first-order valence-electron chi connectivity index (χ1n) is 4.80. The molecule has 0 aliphatic heterocycles. The molecule has 2 amide bonds. The first kappa shape index (κ1) is 14.4. The maximum absolute atomic E-state index is 11.3. The van der Waals surface area contributed by atoms with Crippen LogP contribution < -0.4 is 11.1 Å². The normalized spacial score (nSPS) is 11.5. The van der Waals surface area contributed by atoms with Gasteiger partial charge < -0.3 is 20.7 Å². The number of likely N-dealkylation sites (N-methyl/N-ethyl adjacent to an activating group) is 1. The molecule has 7 heteroatoms. The summed E-state index contributed by atoms with van der Waals surface area (Å²) >= 11 is 0. The van der Waals surface area contributed by atoms with Crippen LogP contribution >= 0.6 is 0 Å². The number of rotatable bonds is 5. The quantitative estimate of drug-likeness (QED) is 0.424. The molecule has 0 saturated carbocycles. The number of amides is 2. The lowest BCUT2D eigenvalue weighted by molar-refractivity contribution is -0.148. The molecule has 0 radical (unpaired) electrons. The molecule has 0 aromatic heterocycles. The van der Waals surface area contributed by atoms with Gasteiger partial charge in [-0.2, -0.15) is 0 Å². The van der Waals surface area contributed by atoms with Crippen molar-refractivity contribution in [2.24, 2.45) is 5.73 Å². The number of carbonyl (C=O) groups is 3. The second kappa shape index (κ2) is 6.78. The van der Waals surface area contributed by atoms with Crippen molar-refractivity contribution in [2.75, 3.05) is 27.2 Å². The molecule has 0 saturated heterocycles. The van der Waals surface area contributed by atoms with Crippen LogP contribution in [0.3, 0.4) is 0 Å². The largest absolute Gasteiger partial charge is 0.464 e. The highest BCUT2D eigenvalue weighted by molar-refractivity contribution is 6.02. The molecule has 0 aliphatic rings. The molecule has 0 aliphatic carbocycles. The Hall–Kier alpha value is -1.63. The Bertz CT molecular complexity index is 278. The van der Waals surface area contributed by atoms with Crippen molar-refractivity contribution < 1.29 is 19.1 Å². The Labute approximate surface area is 93.9 Å².